The second kappa shape index (κ2) is 5.58. The highest BCUT2D eigenvalue weighted by Crippen LogP contribution is 2.47. The van der Waals surface area contributed by atoms with E-state index in [4.69, 9.17) is 4.98 Å². The van der Waals surface area contributed by atoms with Gasteiger partial charge in [-0.25, -0.2) is 4.98 Å². The zero-order valence-corrected chi connectivity index (χ0v) is 15.0. The van der Waals surface area contributed by atoms with Crippen LogP contribution in [0.1, 0.15) is 43.0 Å². The van der Waals surface area contributed by atoms with Gasteiger partial charge in [0.2, 0.25) is 11.8 Å². The summed E-state index contributed by atoms with van der Waals surface area (Å²) in [6, 6.07) is 6.12. The maximum atomic E-state index is 12.5. The van der Waals surface area contributed by atoms with Crippen molar-refractivity contribution in [2.24, 2.45) is 12.5 Å². The summed E-state index contributed by atoms with van der Waals surface area (Å²) in [7, 11) is 5.46. The third kappa shape index (κ3) is 2.69. The molecule has 2 aromatic rings. The minimum atomic E-state index is -0.836. The molecule has 0 atom stereocenters. The van der Waals surface area contributed by atoms with Gasteiger partial charge in [-0.2, -0.15) is 0 Å². The molecule has 0 aliphatic heterocycles. The number of carbonyl (C=O) groups excluding carboxylic acids is 2. The molecular weight excluding hydrogens is 316 g/mol. The van der Waals surface area contributed by atoms with Gasteiger partial charge in [-0.05, 0) is 43.4 Å². The first-order valence-corrected chi connectivity index (χ1v) is 8.88. The number of nitrogens with zero attached hydrogens (tertiary/aromatic N) is 3. The van der Waals surface area contributed by atoms with E-state index in [9.17, 15) is 9.59 Å². The molecule has 6 nitrogen and oxygen atoms in total. The fourth-order valence-electron chi connectivity index (χ4n) is 3.52. The van der Waals surface area contributed by atoms with Crippen molar-refractivity contribution in [1.82, 2.24) is 19.8 Å². The Hall–Kier alpha value is -2.37. The first kappa shape index (κ1) is 16.1. The highest BCUT2D eigenvalue weighted by Gasteiger charge is 2.57. The van der Waals surface area contributed by atoms with Gasteiger partial charge in [0.05, 0.1) is 11.0 Å². The Morgan fingerprint density at radius 1 is 1.32 bits per heavy atom. The monoisotopic (exact) mass is 340 g/mol. The minimum Gasteiger partial charge on any atom is -0.351 e. The zero-order valence-electron chi connectivity index (χ0n) is 15.0. The van der Waals surface area contributed by atoms with Gasteiger partial charge in [0, 0.05) is 33.6 Å². The van der Waals surface area contributed by atoms with Crippen molar-refractivity contribution in [3.05, 3.63) is 29.6 Å². The SMILES string of the molecule is CN(C)C(=O)C1(C(=O)NCc2ccc3c(c2)nc(C2CC2)n3C)CC1. The van der Waals surface area contributed by atoms with Gasteiger partial charge in [0.25, 0.3) is 0 Å². The molecule has 0 radical (unpaired) electrons. The summed E-state index contributed by atoms with van der Waals surface area (Å²) in [5.41, 5.74) is 2.27. The Morgan fingerprint density at radius 3 is 2.64 bits per heavy atom. The van der Waals surface area contributed by atoms with E-state index in [1.807, 2.05) is 12.1 Å². The van der Waals surface area contributed by atoms with Gasteiger partial charge in [-0.15, -0.1) is 0 Å². The fourth-order valence-corrected chi connectivity index (χ4v) is 3.52. The topological polar surface area (TPSA) is 67.2 Å². The van der Waals surface area contributed by atoms with Crippen LogP contribution in [0.4, 0.5) is 0 Å². The summed E-state index contributed by atoms with van der Waals surface area (Å²) >= 11 is 0. The van der Waals surface area contributed by atoms with Gasteiger partial charge in [0.1, 0.15) is 11.2 Å². The van der Waals surface area contributed by atoms with Crippen LogP contribution >= 0.6 is 0 Å². The number of amides is 2. The number of hydrogen-bond donors (Lipinski definition) is 1. The average molecular weight is 340 g/mol. The van der Waals surface area contributed by atoms with Crippen molar-refractivity contribution in [2.75, 3.05) is 14.1 Å². The van der Waals surface area contributed by atoms with Crippen LogP contribution in [0, 0.1) is 5.41 Å². The molecular formula is C19H24N4O2. The van der Waals surface area contributed by atoms with Crippen molar-refractivity contribution < 1.29 is 9.59 Å². The van der Waals surface area contributed by atoms with E-state index in [1.165, 1.54) is 17.7 Å². The van der Waals surface area contributed by atoms with Gasteiger partial charge >= 0.3 is 0 Å². The van der Waals surface area contributed by atoms with Crippen molar-refractivity contribution in [3.63, 3.8) is 0 Å². The summed E-state index contributed by atoms with van der Waals surface area (Å²) in [6.07, 6.45) is 3.73. The standard InChI is InChI=1S/C19H24N4O2/c1-22(2)18(25)19(8-9-19)17(24)20-11-12-4-7-15-14(10-12)21-16(23(15)3)13-5-6-13/h4,7,10,13H,5-6,8-9,11H2,1-3H3,(H,20,24). The van der Waals surface area contributed by atoms with Crippen LogP contribution < -0.4 is 5.32 Å². The molecule has 2 fully saturated rings. The lowest BCUT2D eigenvalue weighted by Crippen LogP contribution is -2.42. The van der Waals surface area contributed by atoms with E-state index >= 15 is 0 Å². The van der Waals surface area contributed by atoms with Crippen molar-refractivity contribution >= 4 is 22.8 Å². The Labute approximate surface area is 147 Å². The molecule has 2 saturated carbocycles. The molecule has 0 unspecified atom stereocenters. The molecule has 1 N–H and O–H groups in total. The van der Waals surface area contributed by atoms with E-state index in [2.05, 4.69) is 23.0 Å². The predicted octanol–water partition coefficient (Wildman–Crippen LogP) is 1.94. The number of nitrogens with one attached hydrogen (secondary N) is 1. The number of rotatable bonds is 5. The molecule has 1 aromatic carbocycles. The van der Waals surface area contributed by atoms with Crippen LogP contribution in [0.3, 0.4) is 0 Å². The highest BCUT2D eigenvalue weighted by atomic mass is 16.2. The number of aromatic nitrogens is 2. The van der Waals surface area contributed by atoms with Crippen LogP contribution in [0.5, 0.6) is 0 Å². The molecule has 6 heteroatoms. The molecule has 2 aliphatic rings. The molecule has 0 spiro atoms. The van der Waals surface area contributed by atoms with Gasteiger partial charge in [-0.1, -0.05) is 6.07 Å². The number of benzene rings is 1. The zero-order chi connectivity index (χ0) is 17.8. The molecule has 4 rings (SSSR count). The maximum absolute atomic E-state index is 12.5. The Kier molecular flexibility index (Phi) is 3.60. The summed E-state index contributed by atoms with van der Waals surface area (Å²) < 4.78 is 2.17. The summed E-state index contributed by atoms with van der Waals surface area (Å²) in [4.78, 5) is 31.0. The van der Waals surface area contributed by atoms with Crippen LogP contribution in [0.2, 0.25) is 0 Å². The van der Waals surface area contributed by atoms with E-state index in [0.717, 1.165) is 22.4 Å². The quantitative estimate of drug-likeness (QED) is 0.846. The van der Waals surface area contributed by atoms with E-state index < -0.39 is 5.41 Å². The second-order valence-electron chi connectivity index (χ2n) is 7.59. The van der Waals surface area contributed by atoms with Crippen LogP contribution in [0.25, 0.3) is 11.0 Å². The molecule has 0 saturated heterocycles. The first-order chi connectivity index (χ1) is 11.9. The molecule has 25 heavy (non-hydrogen) atoms. The largest absolute Gasteiger partial charge is 0.351 e. The number of aryl methyl sites for hydroxylation is 1. The number of hydrogen-bond acceptors (Lipinski definition) is 3. The minimum absolute atomic E-state index is 0.0979. The van der Waals surface area contributed by atoms with Crippen LogP contribution in [-0.4, -0.2) is 40.4 Å². The molecule has 1 heterocycles. The lowest BCUT2D eigenvalue weighted by molar-refractivity contribution is -0.142. The number of carbonyl (C=O) groups is 2. The van der Waals surface area contributed by atoms with Crippen molar-refractivity contribution in [1.29, 1.82) is 0 Å². The lowest BCUT2D eigenvalue weighted by Gasteiger charge is -2.19. The maximum Gasteiger partial charge on any atom is 0.237 e. The van der Waals surface area contributed by atoms with E-state index in [0.29, 0.717) is 25.3 Å². The Morgan fingerprint density at radius 2 is 2.04 bits per heavy atom. The van der Waals surface area contributed by atoms with E-state index in [-0.39, 0.29) is 11.8 Å². The first-order valence-electron chi connectivity index (χ1n) is 8.88. The Bertz CT molecular complexity index is 860. The summed E-state index contributed by atoms with van der Waals surface area (Å²) in [6.45, 7) is 0.423. The van der Waals surface area contributed by atoms with Crippen LogP contribution in [-0.2, 0) is 23.2 Å². The Balaban J connectivity index is 1.48. The molecule has 2 aliphatic carbocycles. The molecule has 1 aromatic heterocycles. The van der Waals surface area contributed by atoms with Gasteiger partial charge in [0.15, 0.2) is 0 Å². The fraction of sp³-hybridized carbons (Fsp3) is 0.526. The van der Waals surface area contributed by atoms with Crippen molar-refractivity contribution in [3.8, 4) is 0 Å². The average Bonchev–Trinajstić information content (AvgIpc) is 3.50. The molecule has 2 amide bonds. The smallest absolute Gasteiger partial charge is 0.237 e. The van der Waals surface area contributed by atoms with Gasteiger partial charge < -0.3 is 14.8 Å². The third-order valence-corrected chi connectivity index (χ3v) is 5.38. The third-order valence-electron chi connectivity index (χ3n) is 5.38. The summed E-state index contributed by atoms with van der Waals surface area (Å²) in [5.74, 6) is 1.50. The number of imidazole rings is 1. The summed E-state index contributed by atoms with van der Waals surface area (Å²) in [5, 5.41) is 2.94. The molecule has 132 valence electrons. The van der Waals surface area contributed by atoms with Crippen LogP contribution in [0.15, 0.2) is 18.2 Å². The van der Waals surface area contributed by atoms with E-state index in [1.54, 1.807) is 14.1 Å². The highest BCUT2D eigenvalue weighted by molar-refractivity contribution is 6.07. The van der Waals surface area contributed by atoms with Gasteiger partial charge in [-0.3, -0.25) is 9.59 Å². The lowest BCUT2D eigenvalue weighted by atomic mass is 10.0. The van der Waals surface area contributed by atoms with Crippen molar-refractivity contribution in [2.45, 2.75) is 38.1 Å². The second-order valence-corrected chi connectivity index (χ2v) is 7.59. The predicted molar refractivity (Wildman–Crippen MR) is 94.9 cm³/mol. The number of fused-ring (bicyclic) bond motifs is 1. The molecule has 0 bridgehead atoms. The normalized spacial score (nSPS) is 18.2.